The molecule has 9 heteroatoms. The Labute approximate surface area is 153 Å². The van der Waals surface area contributed by atoms with Crippen molar-refractivity contribution in [3.63, 3.8) is 0 Å². The second-order valence-electron chi connectivity index (χ2n) is 6.76. The van der Waals surface area contributed by atoms with Crippen molar-refractivity contribution in [2.75, 3.05) is 0 Å². The van der Waals surface area contributed by atoms with Crippen LogP contribution in [-0.4, -0.2) is 19.2 Å². The normalized spacial score (nSPS) is 15.6. The van der Waals surface area contributed by atoms with Crippen molar-refractivity contribution in [3.05, 3.63) is 33.9 Å². The minimum atomic E-state index is -4.06. The molecule has 0 atom stereocenters. The molecule has 1 aliphatic rings. The highest BCUT2D eigenvalue weighted by molar-refractivity contribution is 7.89. The zero-order chi connectivity index (χ0) is 19.2. The van der Waals surface area contributed by atoms with Crippen LogP contribution in [0.25, 0.3) is 0 Å². The standard InChI is InChI=1S/C17H25N3O5S/c1-13-10-11-15(12-16(13)20(22)23)26(24,25)19-18-17(21)9-5-8-14-6-3-2-4-7-14/h10-12,14,19H,2-9H2,1H3,(H,18,21). The quantitative estimate of drug-likeness (QED) is 0.528. The van der Waals surface area contributed by atoms with Gasteiger partial charge in [-0.3, -0.25) is 20.3 Å². The Hall–Kier alpha value is -2.00. The third-order valence-corrected chi connectivity index (χ3v) is 6.00. The third-order valence-electron chi connectivity index (χ3n) is 4.75. The first kappa shape index (κ1) is 20.3. The van der Waals surface area contributed by atoms with E-state index in [9.17, 15) is 23.3 Å². The van der Waals surface area contributed by atoms with Gasteiger partial charge in [0.15, 0.2) is 0 Å². The summed E-state index contributed by atoms with van der Waals surface area (Å²) in [6.45, 7) is 1.52. The van der Waals surface area contributed by atoms with Crippen LogP contribution in [0.5, 0.6) is 0 Å². The molecule has 1 aliphatic carbocycles. The molecule has 2 N–H and O–H groups in total. The number of carbonyl (C=O) groups is 1. The zero-order valence-electron chi connectivity index (χ0n) is 14.9. The molecule has 0 bridgehead atoms. The molecule has 1 saturated carbocycles. The fourth-order valence-corrected chi connectivity index (χ4v) is 4.11. The predicted octanol–water partition coefficient (Wildman–Crippen LogP) is 2.96. The van der Waals surface area contributed by atoms with Crippen LogP contribution in [-0.2, 0) is 14.8 Å². The van der Waals surface area contributed by atoms with Gasteiger partial charge in [-0.05, 0) is 31.7 Å². The van der Waals surface area contributed by atoms with E-state index in [1.54, 1.807) is 0 Å². The summed E-state index contributed by atoms with van der Waals surface area (Å²) in [5, 5.41) is 10.9. The van der Waals surface area contributed by atoms with Crippen LogP contribution >= 0.6 is 0 Å². The predicted molar refractivity (Wildman–Crippen MR) is 96.7 cm³/mol. The number of sulfonamides is 1. The van der Waals surface area contributed by atoms with Gasteiger partial charge in [-0.2, -0.15) is 0 Å². The maximum Gasteiger partial charge on any atom is 0.273 e. The first-order valence-electron chi connectivity index (χ1n) is 8.85. The van der Waals surface area contributed by atoms with Crippen molar-refractivity contribution in [3.8, 4) is 0 Å². The number of carbonyl (C=O) groups excluding carboxylic acids is 1. The molecule has 26 heavy (non-hydrogen) atoms. The van der Waals surface area contributed by atoms with E-state index in [0.717, 1.165) is 12.5 Å². The van der Waals surface area contributed by atoms with E-state index in [4.69, 9.17) is 0 Å². The summed E-state index contributed by atoms with van der Waals surface area (Å²) in [7, 11) is -4.06. The molecular weight excluding hydrogens is 358 g/mol. The van der Waals surface area contributed by atoms with Gasteiger partial charge in [0.05, 0.1) is 9.82 Å². The van der Waals surface area contributed by atoms with Gasteiger partial charge >= 0.3 is 0 Å². The highest BCUT2D eigenvalue weighted by atomic mass is 32.2. The number of aryl methyl sites for hydroxylation is 1. The van der Waals surface area contributed by atoms with Crippen LogP contribution in [0.2, 0.25) is 0 Å². The number of nitrogens with one attached hydrogen (secondary N) is 2. The number of nitro benzene ring substituents is 1. The molecule has 144 valence electrons. The maximum atomic E-state index is 12.2. The van der Waals surface area contributed by atoms with Crippen molar-refractivity contribution >= 4 is 21.6 Å². The summed E-state index contributed by atoms with van der Waals surface area (Å²) in [6.07, 6.45) is 8.14. The molecule has 2 rings (SSSR count). The first-order valence-corrected chi connectivity index (χ1v) is 10.3. The summed E-state index contributed by atoms with van der Waals surface area (Å²) < 4.78 is 24.4. The van der Waals surface area contributed by atoms with E-state index < -0.39 is 20.9 Å². The van der Waals surface area contributed by atoms with Crippen LogP contribution in [0.15, 0.2) is 23.1 Å². The molecule has 0 saturated heterocycles. The first-order chi connectivity index (χ1) is 12.3. The Morgan fingerprint density at radius 3 is 2.62 bits per heavy atom. The third kappa shape index (κ3) is 5.77. The second-order valence-corrected chi connectivity index (χ2v) is 8.44. The van der Waals surface area contributed by atoms with Gasteiger partial charge < -0.3 is 0 Å². The number of nitrogens with zero attached hydrogens (tertiary/aromatic N) is 1. The smallest absolute Gasteiger partial charge is 0.273 e. The Morgan fingerprint density at radius 2 is 1.96 bits per heavy atom. The number of hydrogen-bond acceptors (Lipinski definition) is 5. The SMILES string of the molecule is Cc1ccc(S(=O)(=O)NNC(=O)CCCC2CCCCC2)cc1[N+](=O)[O-]. The number of amides is 1. The Balaban J connectivity index is 1.84. The topological polar surface area (TPSA) is 118 Å². The van der Waals surface area contributed by atoms with E-state index in [1.807, 2.05) is 4.83 Å². The molecule has 0 radical (unpaired) electrons. The number of benzene rings is 1. The van der Waals surface area contributed by atoms with Gasteiger partial charge in [-0.15, -0.1) is 4.83 Å². The number of nitro groups is 1. The summed E-state index contributed by atoms with van der Waals surface area (Å²) in [6, 6.07) is 3.60. The Bertz CT molecular complexity index is 758. The number of hydrazine groups is 1. The number of rotatable bonds is 8. The molecular formula is C17H25N3O5S. The average Bonchev–Trinajstić information content (AvgIpc) is 2.61. The second kappa shape index (κ2) is 9.09. The van der Waals surface area contributed by atoms with Crippen molar-refractivity contribution in [2.24, 2.45) is 5.92 Å². The van der Waals surface area contributed by atoms with Crippen LogP contribution in [0.1, 0.15) is 56.9 Å². The molecule has 1 aromatic carbocycles. The highest BCUT2D eigenvalue weighted by Crippen LogP contribution is 2.27. The molecule has 8 nitrogen and oxygen atoms in total. The summed E-state index contributed by atoms with van der Waals surface area (Å²) in [5.41, 5.74) is 2.25. The fourth-order valence-electron chi connectivity index (χ4n) is 3.23. The lowest BCUT2D eigenvalue weighted by atomic mass is 9.86. The van der Waals surface area contributed by atoms with Crippen molar-refractivity contribution in [1.82, 2.24) is 10.3 Å². The molecule has 1 fully saturated rings. The lowest BCUT2D eigenvalue weighted by molar-refractivity contribution is -0.385. The Kier molecular flexibility index (Phi) is 7.10. The van der Waals surface area contributed by atoms with Crippen molar-refractivity contribution in [1.29, 1.82) is 0 Å². The van der Waals surface area contributed by atoms with Crippen molar-refractivity contribution < 1.29 is 18.1 Å². The van der Waals surface area contributed by atoms with E-state index >= 15 is 0 Å². The van der Waals surface area contributed by atoms with E-state index in [2.05, 4.69) is 5.43 Å². The van der Waals surface area contributed by atoms with Crippen LogP contribution < -0.4 is 10.3 Å². The lowest BCUT2D eigenvalue weighted by Gasteiger charge is -2.21. The molecule has 0 aromatic heterocycles. The Morgan fingerprint density at radius 1 is 1.27 bits per heavy atom. The fraction of sp³-hybridized carbons (Fsp3) is 0.588. The molecule has 0 aliphatic heterocycles. The molecule has 0 heterocycles. The lowest BCUT2D eigenvalue weighted by Crippen LogP contribution is -2.41. The number of hydrogen-bond donors (Lipinski definition) is 2. The van der Waals surface area contributed by atoms with Crippen LogP contribution in [0.3, 0.4) is 0 Å². The summed E-state index contributed by atoms with van der Waals surface area (Å²) in [5.74, 6) is 0.257. The van der Waals surface area contributed by atoms with Gasteiger partial charge in [0.2, 0.25) is 5.91 Å². The molecule has 1 aromatic rings. The molecule has 0 unspecified atom stereocenters. The van der Waals surface area contributed by atoms with Crippen LogP contribution in [0.4, 0.5) is 5.69 Å². The van der Waals surface area contributed by atoms with Crippen LogP contribution in [0, 0.1) is 23.0 Å². The van der Waals surface area contributed by atoms with E-state index in [0.29, 0.717) is 17.9 Å². The van der Waals surface area contributed by atoms with E-state index in [1.165, 1.54) is 51.2 Å². The molecule has 0 spiro atoms. The zero-order valence-corrected chi connectivity index (χ0v) is 15.7. The molecule has 1 amide bonds. The van der Waals surface area contributed by atoms with Crippen molar-refractivity contribution in [2.45, 2.75) is 63.2 Å². The minimum Gasteiger partial charge on any atom is -0.278 e. The van der Waals surface area contributed by atoms with Gasteiger partial charge in [0.1, 0.15) is 0 Å². The van der Waals surface area contributed by atoms with Gasteiger partial charge in [0.25, 0.3) is 15.7 Å². The maximum absolute atomic E-state index is 12.2. The van der Waals surface area contributed by atoms with Gasteiger partial charge in [0, 0.05) is 18.1 Å². The minimum absolute atomic E-state index is 0.243. The summed E-state index contributed by atoms with van der Waals surface area (Å²) in [4.78, 5) is 23.9. The monoisotopic (exact) mass is 383 g/mol. The van der Waals surface area contributed by atoms with E-state index in [-0.39, 0.29) is 17.0 Å². The highest BCUT2D eigenvalue weighted by Gasteiger charge is 2.20. The average molecular weight is 383 g/mol. The van der Waals surface area contributed by atoms with Gasteiger partial charge in [-0.1, -0.05) is 38.2 Å². The van der Waals surface area contributed by atoms with Gasteiger partial charge in [-0.25, -0.2) is 8.42 Å². The largest absolute Gasteiger partial charge is 0.278 e. The summed E-state index contributed by atoms with van der Waals surface area (Å²) >= 11 is 0.